The smallest absolute Gasteiger partial charge is 0.191 e. The maximum atomic E-state index is 13.1. The van der Waals surface area contributed by atoms with Crippen molar-refractivity contribution in [3.63, 3.8) is 0 Å². The minimum atomic E-state index is -0.197. The average Bonchev–Trinajstić information content (AvgIpc) is 3.02. The molecule has 0 radical (unpaired) electrons. The Morgan fingerprint density at radius 1 is 1.24 bits per heavy atom. The minimum absolute atomic E-state index is 0. The number of rotatable bonds is 7. The average molecular weight is 460 g/mol. The third-order valence-electron chi connectivity index (χ3n) is 3.70. The molecule has 0 bridgehead atoms. The van der Waals surface area contributed by atoms with E-state index in [-0.39, 0.29) is 29.8 Å². The van der Waals surface area contributed by atoms with Crippen molar-refractivity contribution in [2.24, 2.45) is 4.99 Å². The van der Waals surface area contributed by atoms with E-state index in [0.29, 0.717) is 6.54 Å². The molecule has 0 saturated heterocycles. The molecule has 0 atom stereocenters. The Labute approximate surface area is 165 Å². The summed E-state index contributed by atoms with van der Waals surface area (Å²) in [6, 6.07) is 6.81. The highest BCUT2D eigenvalue weighted by atomic mass is 127. The summed E-state index contributed by atoms with van der Waals surface area (Å²) in [6.45, 7) is 7.91. The quantitative estimate of drug-likeness (QED) is 0.377. The zero-order valence-corrected chi connectivity index (χ0v) is 17.3. The number of aliphatic imine (C=N–C) groups is 1. The van der Waals surface area contributed by atoms with Crippen molar-refractivity contribution in [1.82, 2.24) is 15.8 Å². The molecule has 2 aromatic rings. The second-order valence-electron chi connectivity index (χ2n) is 5.58. The molecular weight excluding hydrogens is 434 g/mol. The van der Waals surface area contributed by atoms with Gasteiger partial charge in [0.05, 0.1) is 5.69 Å². The third kappa shape index (κ3) is 7.01. The van der Waals surface area contributed by atoms with E-state index in [0.717, 1.165) is 54.5 Å². The van der Waals surface area contributed by atoms with Crippen molar-refractivity contribution in [1.29, 1.82) is 0 Å². The lowest BCUT2D eigenvalue weighted by Crippen LogP contribution is -2.38. The fraction of sp³-hybridized carbons (Fsp3) is 0.444. The molecule has 0 spiro atoms. The molecule has 0 saturated carbocycles. The molecule has 1 aromatic heterocycles. The molecule has 138 valence electrons. The molecule has 7 heteroatoms. The van der Waals surface area contributed by atoms with E-state index in [1.165, 1.54) is 6.07 Å². The van der Waals surface area contributed by atoms with Crippen LogP contribution in [0.4, 0.5) is 4.39 Å². The van der Waals surface area contributed by atoms with Gasteiger partial charge in [-0.05, 0) is 49.9 Å². The first-order chi connectivity index (χ1) is 11.6. The van der Waals surface area contributed by atoms with Gasteiger partial charge in [0.25, 0.3) is 0 Å². The van der Waals surface area contributed by atoms with Crippen LogP contribution in [0.15, 0.2) is 33.8 Å². The summed E-state index contributed by atoms with van der Waals surface area (Å²) in [5, 5.41) is 10.4. The van der Waals surface area contributed by atoms with Gasteiger partial charge in [-0.15, -0.1) is 24.0 Å². The van der Waals surface area contributed by atoms with E-state index < -0.39 is 0 Å². The second kappa shape index (κ2) is 11.1. The van der Waals surface area contributed by atoms with Crippen molar-refractivity contribution >= 4 is 29.9 Å². The van der Waals surface area contributed by atoms with Crippen LogP contribution >= 0.6 is 24.0 Å². The van der Waals surface area contributed by atoms with Gasteiger partial charge in [-0.2, -0.15) is 0 Å². The first kappa shape index (κ1) is 21.4. The maximum Gasteiger partial charge on any atom is 0.191 e. The second-order valence-corrected chi connectivity index (χ2v) is 5.58. The van der Waals surface area contributed by atoms with Gasteiger partial charge >= 0.3 is 0 Å². The molecule has 5 nitrogen and oxygen atoms in total. The number of nitrogens with zero attached hydrogens (tertiary/aromatic N) is 2. The van der Waals surface area contributed by atoms with Gasteiger partial charge in [0.1, 0.15) is 12.4 Å². The van der Waals surface area contributed by atoms with Crippen LogP contribution in [-0.2, 0) is 19.4 Å². The van der Waals surface area contributed by atoms with Crippen molar-refractivity contribution in [2.45, 2.75) is 40.2 Å². The molecule has 0 aliphatic carbocycles. The highest BCUT2D eigenvalue weighted by Gasteiger charge is 2.04. The van der Waals surface area contributed by atoms with Gasteiger partial charge < -0.3 is 15.2 Å². The Kier molecular flexibility index (Phi) is 9.48. The van der Waals surface area contributed by atoms with Gasteiger partial charge in [0.15, 0.2) is 11.7 Å². The standard InChI is InChI=1S/C18H25FN4O.HI/c1-4-16-11-17(24-23-16)12-22-18(20-5-2)21-9-8-14-6-7-15(19)10-13(14)3;/h6-7,10-11H,4-5,8-9,12H2,1-3H3,(H2,20,21,22);1H. The zero-order valence-electron chi connectivity index (χ0n) is 14.9. The first-order valence-electron chi connectivity index (χ1n) is 8.34. The molecule has 0 aliphatic rings. The lowest BCUT2D eigenvalue weighted by molar-refractivity contribution is 0.379. The molecule has 0 unspecified atom stereocenters. The SMILES string of the molecule is CCNC(=NCc1cc(CC)no1)NCCc1ccc(F)cc1C.I. The lowest BCUT2D eigenvalue weighted by atomic mass is 10.1. The Morgan fingerprint density at radius 3 is 2.68 bits per heavy atom. The molecule has 0 fully saturated rings. The van der Waals surface area contributed by atoms with Crippen LogP contribution in [0.3, 0.4) is 0 Å². The summed E-state index contributed by atoms with van der Waals surface area (Å²) < 4.78 is 18.4. The van der Waals surface area contributed by atoms with Crippen LogP contribution in [0.25, 0.3) is 0 Å². The van der Waals surface area contributed by atoms with E-state index in [4.69, 9.17) is 4.52 Å². The topological polar surface area (TPSA) is 62.5 Å². The number of halogens is 2. The Bertz CT molecular complexity index is 687. The summed E-state index contributed by atoms with van der Waals surface area (Å²) in [5.74, 6) is 1.28. The number of guanidine groups is 1. The third-order valence-corrected chi connectivity index (χ3v) is 3.70. The normalized spacial score (nSPS) is 11.1. The van der Waals surface area contributed by atoms with Crippen LogP contribution in [-0.4, -0.2) is 24.2 Å². The predicted octanol–water partition coefficient (Wildman–Crippen LogP) is 3.60. The Hall–Kier alpha value is -1.64. The monoisotopic (exact) mass is 460 g/mol. The van der Waals surface area contributed by atoms with Crippen molar-refractivity contribution in [2.75, 3.05) is 13.1 Å². The highest BCUT2D eigenvalue weighted by molar-refractivity contribution is 14.0. The lowest BCUT2D eigenvalue weighted by Gasteiger charge is -2.12. The van der Waals surface area contributed by atoms with Crippen LogP contribution in [0.2, 0.25) is 0 Å². The van der Waals surface area contributed by atoms with E-state index >= 15 is 0 Å². The first-order valence-corrected chi connectivity index (χ1v) is 8.34. The number of benzene rings is 1. The number of aryl methyl sites for hydroxylation is 2. The summed E-state index contributed by atoms with van der Waals surface area (Å²) in [4.78, 5) is 4.50. The molecule has 0 aliphatic heterocycles. The molecule has 1 aromatic carbocycles. The number of aromatic nitrogens is 1. The fourth-order valence-corrected chi connectivity index (χ4v) is 2.35. The predicted molar refractivity (Wildman–Crippen MR) is 109 cm³/mol. The van der Waals surface area contributed by atoms with E-state index in [2.05, 4.69) is 20.8 Å². The number of nitrogens with one attached hydrogen (secondary N) is 2. The van der Waals surface area contributed by atoms with Gasteiger partial charge in [-0.1, -0.05) is 18.1 Å². The molecular formula is C18H26FIN4O. The van der Waals surface area contributed by atoms with Gasteiger partial charge in [0, 0.05) is 19.2 Å². The number of hydrogen-bond acceptors (Lipinski definition) is 3. The summed E-state index contributed by atoms with van der Waals surface area (Å²) in [6.07, 6.45) is 1.65. The van der Waals surface area contributed by atoms with Gasteiger partial charge in [0.2, 0.25) is 0 Å². The van der Waals surface area contributed by atoms with E-state index in [9.17, 15) is 4.39 Å². The van der Waals surface area contributed by atoms with Crippen molar-refractivity contribution in [3.8, 4) is 0 Å². The summed E-state index contributed by atoms with van der Waals surface area (Å²) in [5.41, 5.74) is 3.03. The van der Waals surface area contributed by atoms with Crippen molar-refractivity contribution < 1.29 is 8.91 Å². The minimum Gasteiger partial charge on any atom is -0.359 e. The highest BCUT2D eigenvalue weighted by Crippen LogP contribution is 2.10. The van der Waals surface area contributed by atoms with Crippen LogP contribution in [0.1, 0.15) is 36.4 Å². The van der Waals surface area contributed by atoms with Crippen molar-refractivity contribution in [3.05, 3.63) is 52.7 Å². The molecule has 0 amide bonds. The molecule has 1 heterocycles. The molecule has 2 N–H and O–H groups in total. The largest absolute Gasteiger partial charge is 0.359 e. The van der Waals surface area contributed by atoms with Gasteiger partial charge in [-0.25, -0.2) is 9.38 Å². The molecule has 2 rings (SSSR count). The fourth-order valence-electron chi connectivity index (χ4n) is 2.35. The summed E-state index contributed by atoms with van der Waals surface area (Å²) in [7, 11) is 0. The van der Waals surface area contributed by atoms with Crippen LogP contribution in [0.5, 0.6) is 0 Å². The van der Waals surface area contributed by atoms with Crippen LogP contribution in [0, 0.1) is 12.7 Å². The Morgan fingerprint density at radius 2 is 2.04 bits per heavy atom. The molecule has 25 heavy (non-hydrogen) atoms. The maximum absolute atomic E-state index is 13.1. The zero-order chi connectivity index (χ0) is 17.4. The van der Waals surface area contributed by atoms with E-state index in [1.54, 1.807) is 6.07 Å². The Balaban J connectivity index is 0.00000312. The van der Waals surface area contributed by atoms with E-state index in [1.807, 2.05) is 32.9 Å². The van der Waals surface area contributed by atoms with Crippen LogP contribution < -0.4 is 10.6 Å². The summed E-state index contributed by atoms with van der Waals surface area (Å²) >= 11 is 0. The van der Waals surface area contributed by atoms with Gasteiger partial charge in [-0.3, -0.25) is 0 Å². The number of hydrogen-bond donors (Lipinski definition) is 2.